The molecular formula is C12H16N4O2. The van der Waals surface area contributed by atoms with Gasteiger partial charge >= 0.3 is 0 Å². The van der Waals surface area contributed by atoms with Crippen LogP contribution in [0.25, 0.3) is 0 Å². The molecule has 2 N–H and O–H groups in total. The third-order valence-corrected chi connectivity index (χ3v) is 3.23. The predicted octanol–water partition coefficient (Wildman–Crippen LogP) is 0.389. The van der Waals surface area contributed by atoms with E-state index in [1.807, 2.05) is 0 Å². The highest BCUT2D eigenvalue weighted by molar-refractivity contribution is 5.85. The van der Waals surface area contributed by atoms with Crippen LogP contribution in [-0.2, 0) is 16.0 Å². The van der Waals surface area contributed by atoms with E-state index in [1.54, 1.807) is 12.5 Å². The van der Waals surface area contributed by atoms with Crippen LogP contribution in [0.5, 0.6) is 0 Å². The standard InChI is InChI=1S/C12H16N4O2/c13-8-12(2-5-18-6-3-12)11(17)15-4-1-10-7-14-9-16-10/h7,9H,1-6H2,(H,14,16)(H,15,17). The molecule has 1 aliphatic heterocycles. The lowest BCUT2D eigenvalue weighted by Crippen LogP contribution is -2.44. The molecule has 6 nitrogen and oxygen atoms in total. The van der Waals surface area contributed by atoms with E-state index in [-0.39, 0.29) is 5.91 Å². The average molecular weight is 248 g/mol. The van der Waals surface area contributed by atoms with Gasteiger partial charge in [-0.1, -0.05) is 0 Å². The van der Waals surface area contributed by atoms with Crippen molar-refractivity contribution in [3.8, 4) is 6.07 Å². The first-order chi connectivity index (χ1) is 8.77. The number of nitrogens with one attached hydrogen (secondary N) is 2. The SMILES string of the molecule is N#CC1(C(=O)NCCc2cnc[nH]2)CCOCC1. The molecular weight excluding hydrogens is 232 g/mol. The van der Waals surface area contributed by atoms with Gasteiger partial charge in [0.2, 0.25) is 5.91 Å². The molecule has 6 heteroatoms. The van der Waals surface area contributed by atoms with Gasteiger partial charge in [-0.2, -0.15) is 5.26 Å². The van der Waals surface area contributed by atoms with Gasteiger partial charge in [-0.15, -0.1) is 0 Å². The van der Waals surface area contributed by atoms with Crippen LogP contribution < -0.4 is 5.32 Å². The Hall–Kier alpha value is -1.87. The zero-order chi connectivity index (χ0) is 12.8. The Morgan fingerprint density at radius 2 is 2.39 bits per heavy atom. The normalized spacial score (nSPS) is 17.9. The third-order valence-electron chi connectivity index (χ3n) is 3.23. The molecule has 1 saturated heterocycles. The number of carbonyl (C=O) groups excluding carboxylic acids is 1. The van der Waals surface area contributed by atoms with E-state index in [9.17, 15) is 10.1 Å². The first kappa shape index (κ1) is 12.6. The second-order valence-corrected chi connectivity index (χ2v) is 4.39. The van der Waals surface area contributed by atoms with E-state index in [2.05, 4.69) is 21.4 Å². The van der Waals surface area contributed by atoms with Crippen LogP contribution in [-0.4, -0.2) is 35.6 Å². The lowest BCUT2D eigenvalue weighted by atomic mass is 9.81. The molecule has 1 aromatic rings. The van der Waals surface area contributed by atoms with E-state index < -0.39 is 5.41 Å². The number of rotatable bonds is 4. The van der Waals surface area contributed by atoms with Crippen LogP contribution in [0.2, 0.25) is 0 Å². The lowest BCUT2D eigenvalue weighted by Gasteiger charge is -2.29. The second-order valence-electron chi connectivity index (χ2n) is 4.39. The van der Waals surface area contributed by atoms with Gasteiger partial charge in [0.25, 0.3) is 0 Å². The van der Waals surface area contributed by atoms with Crippen molar-refractivity contribution in [3.05, 3.63) is 18.2 Å². The molecule has 0 unspecified atom stereocenters. The van der Waals surface area contributed by atoms with Crippen LogP contribution in [0.3, 0.4) is 0 Å². The molecule has 0 aromatic carbocycles. The van der Waals surface area contributed by atoms with Crippen molar-refractivity contribution in [1.29, 1.82) is 5.26 Å². The summed E-state index contributed by atoms with van der Waals surface area (Å²) in [6.45, 7) is 1.45. The molecule has 1 aromatic heterocycles. The van der Waals surface area contributed by atoms with Crippen LogP contribution in [0, 0.1) is 16.7 Å². The predicted molar refractivity (Wildman–Crippen MR) is 63.4 cm³/mol. The summed E-state index contributed by atoms with van der Waals surface area (Å²) in [4.78, 5) is 18.9. The Bertz CT molecular complexity index is 429. The molecule has 2 rings (SSSR count). The second kappa shape index (κ2) is 5.65. The van der Waals surface area contributed by atoms with Gasteiger partial charge in [-0.25, -0.2) is 4.98 Å². The summed E-state index contributed by atoms with van der Waals surface area (Å²) in [5, 5.41) is 12.0. The summed E-state index contributed by atoms with van der Waals surface area (Å²) in [5.74, 6) is -0.187. The quantitative estimate of drug-likeness (QED) is 0.806. The molecule has 0 atom stereocenters. The van der Waals surface area contributed by atoms with Crippen LogP contribution in [0.1, 0.15) is 18.5 Å². The molecule has 2 heterocycles. The van der Waals surface area contributed by atoms with Crippen molar-refractivity contribution in [2.75, 3.05) is 19.8 Å². The van der Waals surface area contributed by atoms with Crippen LogP contribution in [0.4, 0.5) is 0 Å². The summed E-state index contributed by atoms with van der Waals surface area (Å²) < 4.78 is 5.20. The minimum atomic E-state index is -0.910. The van der Waals surface area contributed by atoms with E-state index in [0.29, 0.717) is 39.0 Å². The molecule has 0 radical (unpaired) electrons. The fourth-order valence-electron chi connectivity index (χ4n) is 2.01. The number of imidazole rings is 1. The Morgan fingerprint density at radius 1 is 1.61 bits per heavy atom. The molecule has 96 valence electrons. The zero-order valence-corrected chi connectivity index (χ0v) is 10.1. The third kappa shape index (κ3) is 2.68. The van der Waals surface area contributed by atoms with Crippen molar-refractivity contribution in [3.63, 3.8) is 0 Å². The Labute approximate surface area is 105 Å². The van der Waals surface area contributed by atoms with Crippen molar-refractivity contribution in [2.45, 2.75) is 19.3 Å². The molecule has 1 fully saturated rings. The maximum Gasteiger partial charge on any atom is 0.240 e. The molecule has 0 aliphatic carbocycles. The average Bonchev–Trinajstić information content (AvgIpc) is 2.92. The summed E-state index contributed by atoms with van der Waals surface area (Å²) in [6.07, 6.45) is 4.95. The largest absolute Gasteiger partial charge is 0.381 e. The van der Waals surface area contributed by atoms with Gasteiger partial charge < -0.3 is 15.0 Å². The van der Waals surface area contributed by atoms with E-state index in [0.717, 1.165) is 5.69 Å². The molecule has 0 spiro atoms. The minimum absolute atomic E-state index is 0.187. The number of aromatic nitrogens is 2. The number of hydrogen-bond donors (Lipinski definition) is 2. The smallest absolute Gasteiger partial charge is 0.240 e. The number of amides is 1. The highest BCUT2D eigenvalue weighted by Gasteiger charge is 2.40. The topological polar surface area (TPSA) is 90.8 Å². The summed E-state index contributed by atoms with van der Waals surface area (Å²) in [7, 11) is 0. The fraction of sp³-hybridized carbons (Fsp3) is 0.583. The molecule has 1 amide bonds. The number of hydrogen-bond acceptors (Lipinski definition) is 4. The van der Waals surface area contributed by atoms with Gasteiger partial charge in [0, 0.05) is 38.1 Å². The lowest BCUT2D eigenvalue weighted by molar-refractivity contribution is -0.132. The van der Waals surface area contributed by atoms with E-state index in [1.165, 1.54) is 0 Å². The zero-order valence-electron chi connectivity index (χ0n) is 10.1. The summed E-state index contributed by atoms with van der Waals surface area (Å²) in [5.41, 5.74) is 0.0555. The fourth-order valence-corrected chi connectivity index (χ4v) is 2.01. The van der Waals surface area contributed by atoms with Gasteiger partial charge in [-0.05, 0) is 12.8 Å². The molecule has 0 saturated carbocycles. The van der Waals surface area contributed by atoms with E-state index in [4.69, 9.17) is 4.74 Å². The van der Waals surface area contributed by atoms with Crippen molar-refractivity contribution in [2.24, 2.45) is 5.41 Å². The minimum Gasteiger partial charge on any atom is -0.381 e. The van der Waals surface area contributed by atoms with Crippen molar-refractivity contribution >= 4 is 5.91 Å². The highest BCUT2D eigenvalue weighted by Crippen LogP contribution is 2.29. The monoisotopic (exact) mass is 248 g/mol. The maximum absolute atomic E-state index is 12.1. The van der Waals surface area contributed by atoms with Gasteiger partial charge in [0.05, 0.1) is 12.4 Å². The van der Waals surface area contributed by atoms with Gasteiger partial charge in [0.1, 0.15) is 5.41 Å². The number of nitrogens with zero attached hydrogens (tertiary/aromatic N) is 2. The first-order valence-electron chi connectivity index (χ1n) is 6.01. The van der Waals surface area contributed by atoms with Crippen molar-refractivity contribution in [1.82, 2.24) is 15.3 Å². The molecule has 0 bridgehead atoms. The summed E-state index contributed by atoms with van der Waals surface area (Å²) in [6, 6.07) is 2.15. The molecule has 1 aliphatic rings. The van der Waals surface area contributed by atoms with Gasteiger partial charge in [-0.3, -0.25) is 4.79 Å². The summed E-state index contributed by atoms with van der Waals surface area (Å²) >= 11 is 0. The first-order valence-corrected chi connectivity index (χ1v) is 6.01. The van der Waals surface area contributed by atoms with Crippen molar-refractivity contribution < 1.29 is 9.53 Å². The number of carbonyl (C=O) groups is 1. The number of aromatic amines is 1. The van der Waals surface area contributed by atoms with Crippen LogP contribution in [0.15, 0.2) is 12.5 Å². The Balaban J connectivity index is 1.84. The molecule has 18 heavy (non-hydrogen) atoms. The van der Waals surface area contributed by atoms with Crippen LogP contribution >= 0.6 is 0 Å². The maximum atomic E-state index is 12.1. The Morgan fingerprint density at radius 3 is 3.00 bits per heavy atom. The van der Waals surface area contributed by atoms with Gasteiger partial charge in [0.15, 0.2) is 0 Å². The Kier molecular flexibility index (Phi) is 3.95. The van der Waals surface area contributed by atoms with E-state index >= 15 is 0 Å². The number of nitriles is 1. The highest BCUT2D eigenvalue weighted by atomic mass is 16.5. The number of ether oxygens (including phenoxy) is 1. The number of H-pyrrole nitrogens is 1.